The van der Waals surface area contributed by atoms with Crippen LogP contribution in [0.2, 0.25) is 0 Å². The highest BCUT2D eigenvalue weighted by Gasteiger charge is 2.17. The fraction of sp³-hybridized carbons (Fsp3) is 0.611. The molecule has 6 nitrogen and oxygen atoms in total. The first-order chi connectivity index (χ1) is 12.1. The Kier molecular flexibility index (Phi) is 8.11. The third-order valence-corrected chi connectivity index (χ3v) is 4.06. The van der Waals surface area contributed by atoms with Crippen LogP contribution in [0, 0.1) is 5.82 Å². The van der Waals surface area contributed by atoms with E-state index in [4.69, 9.17) is 14.2 Å². The molecule has 140 valence electrons. The molecule has 0 spiro atoms. The molecule has 1 aliphatic heterocycles. The number of aliphatic imine (C=N–C) groups is 1. The summed E-state index contributed by atoms with van der Waals surface area (Å²) in [6, 6.07) is 6.42. The van der Waals surface area contributed by atoms with Gasteiger partial charge in [-0.15, -0.1) is 0 Å². The van der Waals surface area contributed by atoms with Gasteiger partial charge in [0.2, 0.25) is 0 Å². The highest BCUT2D eigenvalue weighted by molar-refractivity contribution is 5.79. The second-order valence-electron chi connectivity index (χ2n) is 6.09. The van der Waals surface area contributed by atoms with Crippen LogP contribution in [0.3, 0.4) is 0 Å². The number of benzene rings is 1. The van der Waals surface area contributed by atoms with Crippen molar-refractivity contribution in [3.63, 3.8) is 0 Å². The Bertz CT molecular complexity index is 533. The summed E-state index contributed by atoms with van der Waals surface area (Å²) in [5.74, 6) is 0.411. The maximum Gasteiger partial charge on any atom is 0.191 e. The number of methoxy groups -OCH3 is 1. The minimum Gasteiger partial charge on any atom is -0.379 e. The number of hydrogen-bond acceptors (Lipinski definition) is 4. The molecule has 2 N–H and O–H groups in total. The van der Waals surface area contributed by atoms with Crippen LogP contribution in [0.25, 0.3) is 0 Å². The van der Waals surface area contributed by atoms with Crippen molar-refractivity contribution in [2.24, 2.45) is 4.99 Å². The van der Waals surface area contributed by atoms with Crippen LogP contribution >= 0.6 is 0 Å². The predicted octanol–water partition coefficient (Wildman–Crippen LogP) is 1.87. The lowest BCUT2D eigenvalue weighted by molar-refractivity contribution is 0.0347. The van der Waals surface area contributed by atoms with Gasteiger partial charge < -0.3 is 24.8 Å². The molecular formula is C18H28FN3O3. The Balaban J connectivity index is 1.76. The van der Waals surface area contributed by atoms with Gasteiger partial charge in [0.15, 0.2) is 5.96 Å². The third-order valence-electron chi connectivity index (χ3n) is 4.06. The van der Waals surface area contributed by atoms with E-state index < -0.39 is 0 Å². The third kappa shape index (κ3) is 6.61. The van der Waals surface area contributed by atoms with Crippen molar-refractivity contribution >= 4 is 5.96 Å². The molecule has 0 saturated carbocycles. The first kappa shape index (κ1) is 19.6. The number of ether oxygens (including phenoxy) is 3. The second-order valence-corrected chi connectivity index (χ2v) is 6.09. The fourth-order valence-electron chi connectivity index (χ4n) is 2.60. The van der Waals surface area contributed by atoms with Gasteiger partial charge in [-0.25, -0.2) is 4.39 Å². The van der Waals surface area contributed by atoms with Crippen LogP contribution in [-0.4, -0.2) is 58.6 Å². The molecule has 0 aliphatic carbocycles. The van der Waals surface area contributed by atoms with Gasteiger partial charge in [0.1, 0.15) is 5.82 Å². The van der Waals surface area contributed by atoms with Gasteiger partial charge in [-0.3, -0.25) is 4.99 Å². The smallest absolute Gasteiger partial charge is 0.191 e. The molecule has 25 heavy (non-hydrogen) atoms. The molecule has 0 radical (unpaired) electrons. The summed E-state index contributed by atoms with van der Waals surface area (Å²) >= 11 is 0. The molecule has 1 heterocycles. The second kappa shape index (κ2) is 10.3. The molecular weight excluding hydrogens is 325 g/mol. The summed E-state index contributed by atoms with van der Waals surface area (Å²) in [6.07, 6.45) is 0.948. The quantitative estimate of drug-likeness (QED) is 0.552. The molecule has 7 heteroatoms. The summed E-state index contributed by atoms with van der Waals surface area (Å²) in [4.78, 5) is 4.22. The number of nitrogens with one attached hydrogen (secondary N) is 2. The largest absolute Gasteiger partial charge is 0.379 e. The van der Waals surface area contributed by atoms with E-state index in [1.807, 2.05) is 6.92 Å². The van der Waals surface area contributed by atoms with E-state index in [9.17, 15) is 4.39 Å². The van der Waals surface area contributed by atoms with Crippen molar-refractivity contribution in [2.75, 3.05) is 40.5 Å². The number of hydrogen-bond donors (Lipinski definition) is 2. The average molecular weight is 353 g/mol. The molecule has 3 unspecified atom stereocenters. The Morgan fingerprint density at radius 2 is 2.16 bits per heavy atom. The summed E-state index contributed by atoms with van der Waals surface area (Å²) in [5.41, 5.74) is 0.907. The van der Waals surface area contributed by atoms with Crippen LogP contribution < -0.4 is 10.6 Å². The predicted molar refractivity (Wildman–Crippen MR) is 95.3 cm³/mol. The topological polar surface area (TPSA) is 64.1 Å². The van der Waals surface area contributed by atoms with Crippen molar-refractivity contribution in [2.45, 2.75) is 31.6 Å². The molecule has 0 bridgehead atoms. The van der Waals surface area contributed by atoms with Crippen LogP contribution in [-0.2, 0) is 14.2 Å². The van der Waals surface area contributed by atoms with Gasteiger partial charge in [-0.1, -0.05) is 12.1 Å². The van der Waals surface area contributed by atoms with E-state index in [-0.39, 0.29) is 24.1 Å². The molecule has 1 aliphatic rings. The lowest BCUT2D eigenvalue weighted by atomic mass is 10.1. The van der Waals surface area contributed by atoms with Crippen LogP contribution in [0.15, 0.2) is 29.3 Å². The summed E-state index contributed by atoms with van der Waals surface area (Å²) in [6.45, 7) is 4.59. The van der Waals surface area contributed by atoms with Crippen molar-refractivity contribution < 1.29 is 18.6 Å². The summed E-state index contributed by atoms with van der Waals surface area (Å²) in [5, 5.41) is 6.52. The number of nitrogens with zero attached hydrogens (tertiary/aromatic N) is 1. The number of guanidine groups is 1. The minimum atomic E-state index is -0.259. The van der Waals surface area contributed by atoms with Gasteiger partial charge in [0.25, 0.3) is 0 Å². The average Bonchev–Trinajstić information content (AvgIpc) is 3.14. The number of rotatable bonds is 8. The Morgan fingerprint density at radius 1 is 1.40 bits per heavy atom. The molecule has 0 aromatic heterocycles. The van der Waals surface area contributed by atoms with E-state index in [0.717, 1.165) is 18.6 Å². The van der Waals surface area contributed by atoms with Gasteiger partial charge in [-0.05, 0) is 31.0 Å². The highest BCUT2D eigenvalue weighted by Crippen LogP contribution is 2.16. The zero-order valence-electron chi connectivity index (χ0n) is 15.1. The van der Waals surface area contributed by atoms with Crippen molar-refractivity contribution in [1.82, 2.24) is 10.6 Å². The summed E-state index contributed by atoms with van der Waals surface area (Å²) < 4.78 is 29.6. The molecule has 1 fully saturated rings. The van der Waals surface area contributed by atoms with Crippen LogP contribution in [0.4, 0.5) is 4.39 Å². The van der Waals surface area contributed by atoms with Crippen LogP contribution in [0.1, 0.15) is 25.0 Å². The molecule has 0 amide bonds. The van der Waals surface area contributed by atoms with Crippen molar-refractivity contribution in [3.8, 4) is 0 Å². The summed E-state index contributed by atoms with van der Waals surface area (Å²) in [7, 11) is 3.35. The van der Waals surface area contributed by atoms with Gasteiger partial charge in [0, 0.05) is 33.4 Å². The first-order valence-electron chi connectivity index (χ1n) is 8.57. The van der Waals surface area contributed by atoms with Crippen molar-refractivity contribution in [1.29, 1.82) is 0 Å². The van der Waals surface area contributed by atoms with Gasteiger partial charge in [-0.2, -0.15) is 0 Å². The maximum absolute atomic E-state index is 13.0. The number of halogens is 1. The first-order valence-corrected chi connectivity index (χ1v) is 8.57. The van der Waals surface area contributed by atoms with E-state index in [1.165, 1.54) is 12.1 Å². The standard InChI is InChI=1S/C18H28FN3O3/c1-13(11-25-16-8-9-24-12-16)22-18(20-2)21-10-17(23-3)14-4-6-15(19)7-5-14/h4-7,13,16-17H,8-12H2,1-3H3,(H2,20,21,22). The van der Waals surface area contributed by atoms with E-state index >= 15 is 0 Å². The fourth-order valence-corrected chi connectivity index (χ4v) is 2.60. The highest BCUT2D eigenvalue weighted by atomic mass is 19.1. The van der Waals surface area contributed by atoms with Crippen LogP contribution in [0.5, 0.6) is 0 Å². The molecule has 1 saturated heterocycles. The monoisotopic (exact) mass is 353 g/mol. The van der Waals surface area contributed by atoms with E-state index in [0.29, 0.717) is 25.7 Å². The minimum absolute atomic E-state index is 0.110. The maximum atomic E-state index is 13.0. The molecule has 1 aromatic carbocycles. The Morgan fingerprint density at radius 3 is 2.76 bits per heavy atom. The van der Waals surface area contributed by atoms with E-state index in [1.54, 1.807) is 26.3 Å². The lowest BCUT2D eigenvalue weighted by Gasteiger charge is -2.22. The normalized spacial score (nSPS) is 20.3. The SMILES string of the molecule is CN=C(NCC(OC)c1ccc(F)cc1)NC(C)COC1CCOC1. The molecule has 2 rings (SSSR count). The van der Waals surface area contributed by atoms with Gasteiger partial charge in [0.05, 0.1) is 25.4 Å². The Hall–Kier alpha value is -1.70. The Labute approximate surface area is 148 Å². The van der Waals surface area contributed by atoms with Gasteiger partial charge >= 0.3 is 0 Å². The van der Waals surface area contributed by atoms with Crippen molar-refractivity contribution in [3.05, 3.63) is 35.6 Å². The van der Waals surface area contributed by atoms with E-state index in [2.05, 4.69) is 15.6 Å². The zero-order valence-corrected chi connectivity index (χ0v) is 15.1. The zero-order chi connectivity index (χ0) is 18.1. The lowest BCUT2D eigenvalue weighted by Crippen LogP contribution is -2.45. The molecule has 3 atom stereocenters. The molecule has 1 aromatic rings.